The number of aromatic nitrogens is 2. The van der Waals surface area contributed by atoms with Gasteiger partial charge in [0.05, 0.1) is 11.3 Å². The topological polar surface area (TPSA) is 72.0 Å². The third-order valence-electron chi connectivity index (χ3n) is 4.45. The zero-order valence-electron chi connectivity index (χ0n) is 16.3. The lowest BCUT2D eigenvalue weighted by Gasteiger charge is -2.06. The van der Waals surface area contributed by atoms with Gasteiger partial charge in [0.15, 0.2) is 5.13 Å². The Morgan fingerprint density at radius 2 is 1.50 bits per heavy atom. The fourth-order valence-corrected chi connectivity index (χ4v) is 3.85. The Bertz CT molecular complexity index is 1260. The van der Waals surface area contributed by atoms with Crippen molar-refractivity contribution < 1.29 is 22.8 Å². The maximum Gasteiger partial charge on any atom is 0.433 e. The number of ketones is 1. The van der Waals surface area contributed by atoms with Crippen molar-refractivity contribution in [2.24, 2.45) is 0 Å². The first-order chi connectivity index (χ1) is 15.3. The number of halogens is 3. The molecule has 4 rings (SSSR count). The van der Waals surface area contributed by atoms with Gasteiger partial charge in [-0.05, 0) is 12.1 Å². The van der Waals surface area contributed by atoms with E-state index in [0.717, 1.165) is 29.7 Å². The maximum atomic E-state index is 13.1. The molecule has 0 aliphatic rings. The molecule has 32 heavy (non-hydrogen) atoms. The van der Waals surface area contributed by atoms with Crippen molar-refractivity contribution in [3.63, 3.8) is 0 Å². The lowest BCUT2D eigenvalue weighted by atomic mass is 10.1. The minimum atomic E-state index is -4.60. The van der Waals surface area contributed by atoms with E-state index < -0.39 is 17.8 Å². The number of thiazole rings is 1. The quantitative estimate of drug-likeness (QED) is 0.393. The largest absolute Gasteiger partial charge is 0.433 e. The fraction of sp³-hybridized carbons (Fsp3) is 0.0435. The Morgan fingerprint density at radius 1 is 0.844 bits per heavy atom. The van der Waals surface area contributed by atoms with E-state index in [1.807, 2.05) is 6.07 Å². The molecular formula is C23H14F3N3O2S. The van der Waals surface area contributed by atoms with Crippen LogP contribution in [0.4, 0.5) is 18.3 Å². The normalized spacial score (nSPS) is 11.2. The van der Waals surface area contributed by atoms with Crippen molar-refractivity contribution in [2.45, 2.75) is 6.18 Å². The summed E-state index contributed by atoms with van der Waals surface area (Å²) in [6, 6.07) is 19.4. The van der Waals surface area contributed by atoms with Crippen molar-refractivity contribution in [3.8, 4) is 11.3 Å². The van der Waals surface area contributed by atoms with Crippen LogP contribution in [0.5, 0.6) is 0 Å². The number of pyridine rings is 1. The summed E-state index contributed by atoms with van der Waals surface area (Å²) in [5.74, 6) is -0.933. The number of rotatable bonds is 5. The molecule has 0 unspecified atom stereocenters. The number of hydrogen-bond acceptors (Lipinski definition) is 5. The molecule has 2 aromatic carbocycles. The minimum Gasteiger partial charge on any atom is -0.298 e. The number of nitrogens with one attached hydrogen (secondary N) is 1. The number of nitrogens with zero attached hydrogens (tertiary/aromatic N) is 2. The molecule has 160 valence electrons. The summed E-state index contributed by atoms with van der Waals surface area (Å²) in [5.41, 5.74) is 0.416. The van der Waals surface area contributed by atoms with Crippen molar-refractivity contribution in [3.05, 3.63) is 101 Å². The van der Waals surface area contributed by atoms with E-state index in [1.54, 1.807) is 54.6 Å². The van der Waals surface area contributed by atoms with Crippen LogP contribution >= 0.6 is 11.3 Å². The van der Waals surface area contributed by atoms with Gasteiger partial charge in [-0.15, -0.1) is 0 Å². The molecule has 0 saturated heterocycles. The van der Waals surface area contributed by atoms with Crippen molar-refractivity contribution in [2.75, 3.05) is 5.32 Å². The van der Waals surface area contributed by atoms with Gasteiger partial charge in [0.1, 0.15) is 10.6 Å². The van der Waals surface area contributed by atoms with Crippen molar-refractivity contribution in [1.29, 1.82) is 0 Å². The third-order valence-corrected chi connectivity index (χ3v) is 5.42. The first-order valence-corrected chi connectivity index (χ1v) is 10.1. The SMILES string of the molecule is O=C(Nc1nc(-c2ccccc2)c(C(=O)c2ccccc2)s1)c1ccc(C(F)(F)F)nc1. The van der Waals surface area contributed by atoms with E-state index in [1.165, 1.54) is 0 Å². The zero-order valence-corrected chi connectivity index (χ0v) is 17.1. The first kappa shape index (κ1) is 21.4. The predicted octanol–water partition coefficient (Wildman–Crippen LogP) is 5.71. The fourth-order valence-electron chi connectivity index (χ4n) is 2.90. The van der Waals surface area contributed by atoms with E-state index >= 15 is 0 Å². The van der Waals surface area contributed by atoms with Crippen LogP contribution in [0.15, 0.2) is 79.0 Å². The molecular weight excluding hydrogens is 439 g/mol. The number of hydrogen-bond donors (Lipinski definition) is 1. The Hall–Kier alpha value is -3.85. The summed E-state index contributed by atoms with van der Waals surface area (Å²) in [4.78, 5) is 33.6. The molecule has 1 N–H and O–H groups in total. The van der Waals surface area contributed by atoms with Gasteiger partial charge in [-0.3, -0.25) is 19.9 Å². The molecule has 1 amide bonds. The highest BCUT2D eigenvalue weighted by Crippen LogP contribution is 2.33. The second kappa shape index (κ2) is 8.72. The van der Waals surface area contributed by atoms with Gasteiger partial charge >= 0.3 is 6.18 Å². The van der Waals surface area contributed by atoms with Gasteiger partial charge in [-0.2, -0.15) is 13.2 Å². The molecule has 0 atom stereocenters. The summed E-state index contributed by atoms with van der Waals surface area (Å²) in [6.07, 6.45) is -3.75. The van der Waals surface area contributed by atoms with Crippen LogP contribution in [-0.4, -0.2) is 21.7 Å². The summed E-state index contributed by atoms with van der Waals surface area (Å²) >= 11 is 0.995. The van der Waals surface area contributed by atoms with Gasteiger partial charge < -0.3 is 0 Å². The van der Waals surface area contributed by atoms with Crippen LogP contribution in [0.3, 0.4) is 0 Å². The molecule has 0 bridgehead atoms. The molecule has 5 nitrogen and oxygen atoms in total. The first-order valence-electron chi connectivity index (χ1n) is 9.33. The monoisotopic (exact) mass is 453 g/mol. The van der Waals surface area contributed by atoms with Gasteiger partial charge in [-0.25, -0.2) is 4.98 Å². The molecule has 0 aliphatic heterocycles. The lowest BCUT2D eigenvalue weighted by Crippen LogP contribution is -2.14. The summed E-state index contributed by atoms with van der Waals surface area (Å²) in [7, 11) is 0. The van der Waals surface area contributed by atoms with Crippen molar-refractivity contribution in [1.82, 2.24) is 9.97 Å². The Morgan fingerprint density at radius 3 is 2.09 bits per heavy atom. The van der Waals surface area contributed by atoms with Crippen LogP contribution in [0.1, 0.15) is 31.3 Å². The predicted molar refractivity (Wildman–Crippen MR) is 115 cm³/mol. The van der Waals surface area contributed by atoms with Crippen molar-refractivity contribution >= 4 is 28.2 Å². The summed E-state index contributed by atoms with van der Waals surface area (Å²) in [6.45, 7) is 0. The number of carbonyl (C=O) groups is 2. The van der Waals surface area contributed by atoms with Crippen LogP contribution in [0.2, 0.25) is 0 Å². The molecule has 0 aliphatic carbocycles. The second-order valence-corrected chi connectivity index (χ2v) is 7.64. The highest BCUT2D eigenvalue weighted by atomic mass is 32.1. The maximum absolute atomic E-state index is 13.1. The Kier molecular flexibility index (Phi) is 5.83. The average Bonchev–Trinajstić information content (AvgIpc) is 3.23. The Balaban J connectivity index is 1.65. The smallest absolute Gasteiger partial charge is 0.298 e. The number of anilines is 1. The van der Waals surface area contributed by atoms with Crippen LogP contribution in [0.25, 0.3) is 11.3 Å². The molecule has 2 aromatic heterocycles. The molecule has 2 heterocycles. The highest BCUT2D eigenvalue weighted by Gasteiger charge is 2.32. The lowest BCUT2D eigenvalue weighted by molar-refractivity contribution is -0.141. The highest BCUT2D eigenvalue weighted by molar-refractivity contribution is 7.18. The number of amides is 1. The van der Waals surface area contributed by atoms with Gasteiger partial charge in [0.2, 0.25) is 5.78 Å². The molecule has 0 saturated carbocycles. The molecule has 0 radical (unpaired) electrons. The van der Waals surface area contributed by atoms with Crippen LogP contribution in [0, 0.1) is 0 Å². The van der Waals surface area contributed by atoms with E-state index in [-0.39, 0.29) is 16.5 Å². The van der Waals surface area contributed by atoms with E-state index in [2.05, 4.69) is 15.3 Å². The van der Waals surface area contributed by atoms with E-state index in [9.17, 15) is 22.8 Å². The third kappa shape index (κ3) is 4.57. The molecule has 0 fully saturated rings. The average molecular weight is 453 g/mol. The molecule has 9 heteroatoms. The molecule has 4 aromatic rings. The number of carbonyl (C=O) groups excluding carboxylic acids is 2. The second-order valence-electron chi connectivity index (χ2n) is 6.64. The summed E-state index contributed by atoms with van der Waals surface area (Å²) in [5, 5.41) is 2.69. The molecule has 0 spiro atoms. The summed E-state index contributed by atoms with van der Waals surface area (Å²) < 4.78 is 38.1. The van der Waals surface area contributed by atoms with E-state index in [4.69, 9.17) is 0 Å². The zero-order chi connectivity index (χ0) is 22.7. The van der Waals surface area contributed by atoms with Gasteiger partial charge in [0.25, 0.3) is 5.91 Å². The number of benzene rings is 2. The van der Waals surface area contributed by atoms with Gasteiger partial charge in [-0.1, -0.05) is 72.0 Å². The van der Waals surface area contributed by atoms with Crippen LogP contribution in [-0.2, 0) is 6.18 Å². The van der Waals surface area contributed by atoms with E-state index in [0.29, 0.717) is 21.7 Å². The van der Waals surface area contributed by atoms with Gasteiger partial charge in [0, 0.05) is 17.3 Å². The van der Waals surface area contributed by atoms with Crippen LogP contribution < -0.4 is 5.32 Å². The standard InChI is InChI=1S/C23H14F3N3O2S/c24-23(25,26)17-12-11-16(13-27-17)21(31)29-22-28-18(14-7-3-1-4-8-14)20(32-22)19(30)15-9-5-2-6-10-15/h1-13H,(H,28,29,31). The Labute approximate surface area is 184 Å². The minimum absolute atomic E-state index is 0.0644. The number of alkyl halides is 3.